The fraction of sp³-hybridized carbons (Fsp3) is 0.263. The van der Waals surface area contributed by atoms with Crippen LogP contribution in [-0.4, -0.2) is 25.5 Å². The number of ether oxygens (including phenoxy) is 1. The minimum Gasteiger partial charge on any atom is -0.496 e. The molecule has 5 nitrogen and oxygen atoms in total. The molecule has 1 aliphatic rings. The van der Waals surface area contributed by atoms with Crippen molar-refractivity contribution < 1.29 is 14.3 Å². The van der Waals surface area contributed by atoms with Crippen LogP contribution in [0.25, 0.3) is 0 Å². The molecule has 24 heavy (non-hydrogen) atoms. The van der Waals surface area contributed by atoms with Crippen LogP contribution in [0.15, 0.2) is 54.6 Å². The van der Waals surface area contributed by atoms with Crippen molar-refractivity contribution in [2.75, 3.05) is 13.7 Å². The molecule has 0 radical (unpaired) electrons. The summed E-state index contributed by atoms with van der Waals surface area (Å²) < 4.78 is 5.39. The van der Waals surface area contributed by atoms with Gasteiger partial charge < -0.3 is 15.4 Å². The summed E-state index contributed by atoms with van der Waals surface area (Å²) in [6, 6.07) is 16.5. The zero-order chi connectivity index (χ0) is 17.0. The van der Waals surface area contributed by atoms with E-state index in [0.29, 0.717) is 5.56 Å². The van der Waals surface area contributed by atoms with Crippen LogP contribution in [0.4, 0.5) is 0 Å². The molecular weight excluding hydrogens is 304 g/mol. The molecule has 1 aliphatic carbocycles. The molecule has 0 bridgehead atoms. The van der Waals surface area contributed by atoms with Crippen LogP contribution in [0, 0.1) is 0 Å². The van der Waals surface area contributed by atoms with Gasteiger partial charge in [0.25, 0.3) is 5.91 Å². The Morgan fingerprint density at radius 3 is 2.38 bits per heavy atom. The summed E-state index contributed by atoms with van der Waals surface area (Å²) in [6.07, 6.45) is 1.73. The lowest BCUT2D eigenvalue weighted by Crippen LogP contribution is -2.42. The molecule has 0 heterocycles. The highest BCUT2D eigenvalue weighted by atomic mass is 16.5. The van der Waals surface area contributed by atoms with Gasteiger partial charge in [-0.15, -0.1) is 0 Å². The average Bonchev–Trinajstić information content (AvgIpc) is 3.41. The van der Waals surface area contributed by atoms with Crippen LogP contribution >= 0.6 is 0 Å². The minimum absolute atomic E-state index is 0.0510. The van der Waals surface area contributed by atoms with E-state index in [1.165, 1.54) is 0 Å². The molecule has 1 fully saturated rings. The molecule has 0 aromatic heterocycles. The van der Waals surface area contributed by atoms with E-state index in [1.54, 1.807) is 31.4 Å². The predicted molar refractivity (Wildman–Crippen MR) is 90.8 cm³/mol. The molecule has 1 saturated carbocycles. The lowest BCUT2D eigenvalue weighted by Gasteiger charge is -2.20. The molecule has 124 valence electrons. The highest BCUT2D eigenvalue weighted by molar-refractivity contribution is 5.96. The molecule has 2 amide bonds. The van der Waals surface area contributed by atoms with Crippen LogP contribution in [-0.2, 0) is 10.3 Å². The molecule has 2 N–H and O–H groups in total. The fourth-order valence-electron chi connectivity index (χ4n) is 2.79. The number of hydrogen-bond donors (Lipinski definition) is 2. The molecular formula is C19H20N2O3. The van der Waals surface area contributed by atoms with E-state index in [0.717, 1.165) is 24.2 Å². The quantitative estimate of drug-likeness (QED) is 0.856. The van der Waals surface area contributed by atoms with Gasteiger partial charge in [0.2, 0.25) is 5.91 Å². The molecule has 2 aromatic rings. The molecule has 2 aromatic carbocycles. The third-order valence-electron chi connectivity index (χ3n) is 4.20. The predicted octanol–water partition coefficient (Wildman–Crippen LogP) is 2.23. The van der Waals surface area contributed by atoms with Gasteiger partial charge in [0.15, 0.2) is 0 Å². The Balaban J connectivity index is 1.60. The number of methoxy groups -OCH3 is 1. The maximum atomic E-state index is 12.2. The maximum absolute atomic E-state index is 12.2. The van der Waals surface area contributed by atoms with Gasteiger partial charge in [-0.25, -0.2) is 0 Å². The molecule has 0 saturated heterocycles. The number of carbonyl (C=O) groups excluding carboxylic acids is 2. The summed E-state index contributed by atoms with van der Waals surface area (Å²) >= 11 is 0. The Bertz CT molecular complexity index is 739. The Morgan fingerprint density at radius 2 is 1.71 bits per heavy atom. The standard InChI is InChI=1S/C19H20N2O3/c1-24-16-10-6-5-9-15(16)19(11-12-19)21-17(22)13-20-18(23)14-7-3-2-4-8-14/h2-10H,11-13H2,1H3,(H,20,23)(H,21,22). The lowest BCUT2D eigenvalue weighted by atomic mass is 10.0. The van der Waals surface area contributed by atoms with E-state index >= 15 is 0 Å². The molecule has 0 atom stereocenters. The first-order chi connectivity index (χ1) is 11.6. The van der Waals surface area contributed by atoms with Gasteiger partial charge in [-0.1, -0.05) is 36.4 Å². The summed E-state index contributed by atoms with van der Waals surface area (Å²) in [5.74, 6) is 0.305. The van der Waals surface area contributed by atoms with E-state index in [4.69, 9.17) is 4.74 Å². The first-order valence-electron chi connectivity index (χ1n) is 7.92. The summed E-state index contributed by atoms with van der Waals surface area (Å²) in [4.78, 5) is 24.2. The van der Waals surface area contributed by atoms with Crippen molar-refractivity contribution in [2.24, 2.45) is 0 Å². The fourth-order valence-corrected chi connectivity index (χ4v) is 2.79. The Labute approximate surface area is 141 Å². The van der Waals surface area contributed by atoms with Gasteiger partial charge in [0, 0.05) is 11.1 Å². The Hall–Kier alpha value is -2.82. The summed E-state index contributed by atoms with van der Waals surface area (Å²) in [6.45, 7) is -0.0510. The van der Waals surface area contributed by atoms with E-state index in [1.807, 2.05) is 30.3 Å². The van der Waals surface area contributed by atoms with Gasteiger partial charge in [-0.3, -0.25) is 9.59 Å². The van der Waals surface area contributed by atoms with Crippen LogP contribution < -0.4 is 15.4 Å². The van der Waals surface area contributed by atoms with Crippen LogP contribution in [0.1, 0.15) is 28.8 Å². The van der Waals surface area contributed by atoms with Gasteiger partial charge in [0.05, 0.1) is 19.2 Å². The first kappa shape index (κ1) is 16.1. The molecule has 0 unspecified atom stereocenters. The highest BCUT2D eigenvalue weighted by Gasteiger charge is 2.47. The summed E-state index contributed by atoms with van der Waals surface area (Å²) in [7, 11) is 1.62. The van der Waals surface area contributed by atoms with Crippen molar-refractivity contribution in [3.63, 3.8) is 0 Å². The number of nitrogens with one attached hydrogen (secondary N) is 2. The van der Waals surface area contributed by atoms with Crippen LogP contribution in [0.5, 0.6) is 5.75 Å². The third-order valence-corrected chi connectivity index (χ3v) is 4.20. The minimum atomic E-state index is -0.374. The normalized spacial score (nSPS) is 14.5. The molecule has 0 spiro atoms. The number of amides is 2. The zero-order valence-electron chi connectivity index (χ0n) is 13.5. The van der Waals surface area contributed by atoms with Crippen molar-refractivity contribution >= 4 is 11.8 Å². The number of hydrogen-bond acceptors (Lipinski definition) is 3. The van der Waals surface area contributed by atoms with E-state index in [9.17, 15) is 9.59 Å². The summed E-state index contributed by atoms with van der Waals surface area (Å²) in [5, 5.41) is 5.68. The molecule has 0 aliphatic heterocycles. The monoisotopic (exact) mass is 324 g/mol. The second kappa shape index (κ2) is 6.74. The van der Waals surface area contributed by atoms with Crippen molar-refractivity contribution in [2.45, 2.75) is 18.4 Å². The Kier molecular flexibility index (Phi) is 4.51. The van der Waals surface area contributed by atoms with Gasteiger partial charge in [-0.2, -0.15) is 0 Å². The second-order valence-corrected chi connectivity index (χ2v) is 5.88. The summed E-state index contributed by atoms with van der Waals surface area (Å²) in [5.41, 5.74) is 1.15. The van der Waals surface area contributed by atoms with Gasteiger partial charge in [-0.05, 0) is 31.0 Å². The zero-order valence-corrected chi connectivity index (χ0v) is 13.5. The highest BCUT2D eigenvalue weighted by Crippen LogP contribution is 2.48. The average molecular weight is 324 g/mol. The second-order valence-electron chi connectivity index (χ2n) is 5.88. The first-order valence-corrected chi connectivity index (χ1v) is 7.92. The number of para-hydroxylation sites is 1. The molecule has 3 rings (SSSR count). The van der Waals surface area contributed by atoms with Crippen molar-refractivity contribution in [1.29, 1.82) is 0 Å². The maximum Gasteiger partial charge on any atom is 0.251 e. The van der Waals surface area contributed by atoms with Crippen LogP contribution in [0.3, 0.4) is 0 Å². The van der Waals surface area contributed by atoms with Crippen LogP contribution in [0.2, 0.25) is 0 Å². The SMILES string of the molecule is COc1ccccc1C1(NC(=O)CNC(=O)c2ccccc2)CC1. The van der Waals surface area contributed by atoms with Crippen molar-refractivity contribution in [3.8, 4) is 5.75 Å². The third kappa shape index (κ3) is 3.40. The van der Waals surface area contributed by atoms with Gasteiger partial charge in [0.1, 0.15) is 5.75 Å². The van der Waals surface area contributed by atoms with Crippen molar-refractivity contribution in [1.82, 2.24) is 10.6 Å². The number of rotatable bonds is 6. The number of carbonyl (C=O) groups is 2. The van der Waals surface area contributed by atoms with E-state index in [-0.39, 0.29) is 23.9 Å². The van der Waals surface area contributed by atoms with E-state index < -0.39 is 0 Å². The lowest BCUT2D eigenvalue weighted by molar-refractivity contribution is -0.121. The smallest absolute Gasteiger partial charge is 0.251 e. The largest absolute Gasteiger partial charge is 0.496 e. The Morgan fingerprint density at radius 1 is 1.04 bits per heavy atom. The topological polar surface area (TPSA) is 67.4 Å². The number of benzene rings is 2. The van der Waals surface area contributed by atoms with Gasteiger partial charge >= 0.3 is 0 Å². The van der Waals surface area contributed by atoms with E-state index in [2.05, 4.69) is 10.6 Å². The molecule has 5 heteroatoms. The van der Waals surface area contributed by atoms with Crippen molar-refractivity contribution in [3.05, 3.63) is 65.7 Å².